The number of para-hydroxylation sites is 1. The predicted octanol–water partition coefficient (Wildman–Crippen LogP) is 5.07. The van der Waals surface area contributed by atoms with E-state index in [0.717, 1.165) is 5.69 Å². The van der Waals surface area contributed by atoms with Crippen LogP contribution < -0.4 is 16.0 Å². The molecule has 158 valence electrons. The van der Waals surface area contributed by atoms with Crippen LogP contribution in [0.3, 0.4) is 0 Å². The van der Waals surface area contributed by atoms with Crippen LogP contribution >= 0.6 is 12.4 Å². The van der Waals surface area contributed by atoms with Gasteiger partial charge in [-0.3, -0.25) is 0 Å². The molecule has 2 aromatic carbocycles. The number of hydrogen-bond acceptors (Lipinski definition) is 7. The van der Waals surface area contributed by atoms with Gasteiger partial charge in [0.15, 0.2) is 0 Å². The lowest BCUT2D eigenvalue weighted by atomic mass is 10.3. The van der Waals surface area contributed by atoms with Gasteiger partial charge in [0, 0.05) is 24.1 Å². The maximum Gasteiger partial charge on any atom is 0.233 e. The van der Waals surface area contributed by atoms with Crippen molar-refractivity contribution in [1.82, 2.24) is 19.9 Å². The average molecular weight is 442 g/mol. The Morgan fingerprint density at radius 3 is 1.97 bits per heavy atom. The Balaban J connectivity index is 0.00000272. The molecule has 31 heavy (non-hydrogen) atoms. The highest BCUT2D eigenvalue weighted by Gasteiger charge is 2.08. The number of rotatable bonds is 7. The van der Waals surface area contributed by atoms with Gasteiger partial charge in [0.2, 0.25) is 23.8 Å². The van der Waals surface area contributed by atoms with Crippen molar-refractivity contribution in [1.29, 1.82) is 0 Å². The molecule has 3 N–H and O–H groups in total. The highest BCUT2D eigenvalue weighted by Crippen LogP contribution is 2.19. The minimum absolute atomic E-state index is 0. The lowest BCUT2D eigenvalue weighted by Crippen LogP contribution is -2.10. The van der Waals surface area contributed by atoms with Crippen molar-refractivity contribution in [2.24, 2.45) is 0 Å². The summed E-state index contributed by atoms with van der Waals surface area (Å²) < 4.78 is 26.5. The fraction of sp³-hybridized carbons (Fsp3) is 0.0476. The highest BCUT2D eigenvalue weighted by molar-refractivity contribution is 5.85. The summed E-state index contributed by atoms with van der Waals surface area (Å²) in [5.74, 6) is -0.0439. The molecule has 0 unspecified atom stereocenters. The lowest BCUT2D eigenvalue weighted by Gasteiger charge is -2.11. The first-order chi connectivity index (χ1) is 14.6. The van der Waals surface area contributed by atoms with Gasteiger partial charge < -0.3 is 16.0 Å². The molecule has 0 aliphatic carbocycles. The van der Waals surface area contributed by atoms with Crippen LogP contribution in [-0.4, -0.2) is 19.9 Å². The SMILES string of the molecule is Cl.Fc1ccc(Nc2nc(NCc3ccnc(F)c3)nc(Nc3ccccc3)n2)cc1. The molecule has 0 radical (unpaired) electrons. The van der Waals surface area contributed by atoms with Crippen LogP contribution in [0.2, 0.25) is 0 Å². The number of aromatic nitrogens is 4. The minimum Gasteiger partial charge on any atom is -0.350 e. The van der Waals surface area contributed by atoms with E-state index < -0.39 is 5.95 Å². The maximum absolute atomic E-state index is 13.3. The van der Waals surface area contributed by atoms with Crippen molar-refractivity contribution in [3.63, 3.8) is 0 Å². The van der Waals surface area contributed by atoms with Gasteiger partial charge >= 0.3 is 0 Å². The lowest BCUT2D eigenvalue weighted by molar-refractivity contribution is 0.581. The zero-order valence-electron chi connectivity index (χ0n) is 16.1. The number of nitrogens with one attached hydrogen (secondary N) is 3. The Labute approximate surface area is 183 Å². The van der Waals surface area contributed by atoms with E-state index in [0.29, 0.717) is 23.7 Å². The average Bonchev–Trinajstić information content (AvgIpc) is 2.75. The van der Waals surface area contributed by atoms with Crippen LogP contribution in [0.15, 0.2) is 72.9 Å². The Morgan fingerprint density at radius 1 is 0.710 bits per heavy atom. The van der Waals surface area contributed by atoms with Crippen LogP contribution in [0.1, 0.15) is 5.56 Å². The monoisotopic (exact) mass is 441 g/mol. The fourth-order valence-electron chi connectivity index (χ4n) is 2.61. The number of benzene rings is 2. The van der Waals surface area contributed by atoms with Gasteiger partial charge in [-0.1, -0.05) is 18.2 Å². The molecule has 0 aliphatic heterocycles. The molecule has 0 bridgehead atoms. The Morgan fingerprint density at radius 2 is 1.32 bits per heavy atom. The van der Waals surface area contributed by atoms with E-state index in [9.17, 15) is 8.78 Å². The van der Waals surface area contributed by atoms with E-state index in [1.807, 2.05) is 30.3 Å². The number of anilines is 5. The zero-order valence-corrected chi connectivity index (χ0v) is 16.9. The first kappa shape index (κ1) is 21.8. The van der Waals surface area contributed by atoms with Crippen molar-refractivity contribution in [2.75, 3.05) is 16.0 Å². The molecule has 2 aromatic heterocycles. The van der Waals surface area contributed by atoms with Gasteiger partial charge in [0.25, 0.3) is 0 Å². The van der Waals surface area contributed by atoms with Gasteiger partial charge in [-0.25, -0.2) is 9.37 Å². The summed E-state index contributed by atoms with van der Waals surface area (Å²) in [6.45, 7) is 0.296. The quantitative estimate of drug-likeness (QED) is 0.345. The van der Waals surface area contributed by atoms with Crippen molar-refractivity contribution in [3.8, 4) is 0 Å². The van der Waals surface area contributed by atoms with Crippen LogP contribution in [-0.2, 0) is 6.54 Å². The molecule has 2 heterocycles. The molecule has 10 heteroatoms. The molecule has 0 aliphatic rings. The van der Waals surface area contributed by atoms with Crippen molar-refractivity contribution in [2.45, 2.75) is 6.54 Å². The highest BCUT2D eigenvalue weighted by atomic mass is 35.5. The second kappa shape index (κ2) is 10.3. The summed E-state index contributed by atoms with van der Waals surface area (Å²) in [7, 11) is 0. The van der Waals surface area contributed by atoms with Crippen molar-refractivity contribution < 1.29 is 8.78 Å². The van der Waals surface area contributed by atoms with E-state index in [1.165, 1.54) is 24.4 Å². The molecular weight excluding hydrogens is 424 g/mol. The van der Waals surface area contributed by atoms with Gasteiger partial charge in [0.05, 0.1) is 0 Å². The van der Waals surface area contributed by atoms with E-state index in [2.05, 4.69) is 35.9 Å². The molecule has 0 spiro atoms. The third-order valence-electron chi connectivity index (χ3n) is 4.01. The third-order valence-corrected chi connectivity index (χ3v) is 4.01. The molecular formula is C21H18ClF2N7. The van der Waals surface area contributed by atoms with E-state index in [4.69, 9.17) is 0 Å². The first-order valence-corrected chi connectivity index (χ1v) is 9.09. The molecule has 7 nitrogen and oxygen atoms in total. The number of pyridine rings is 1. The predicted molar refractivity (Wildman–Crippen MR) is 118 cm³/mol. The first-order valence-electron chi connectivity index (χ1n) is 9.09. The summed E-state index contributed by atoms with van der Waals surface area (Å²) in [4.78, 5) is 16.6. The molecule has 0 fully saturated rings. The van der Waals surface area contributed by atoms with Crippen LogP contribution in [0, 0.1) is 11.8 Å². The van der Waals surface area contributed by atoms with Gasteiger partial charge in [-0.2, -0.15) is 19.3 Å². The molecule has 0 saturated carbocycles. The number of hydrogen-bond donors (Lipinski definition) is 3. The molecule has 4 aromatic rings. The Bertz CT molecular complexity index is 1130. The summed E-state index contributed by atoms with van der Waals surface area (Å²) in [6, 6.07) is 18.3. The second-order valence-electron chi connectivity index (χ2n) is 6.27. The second-order valence-corrected chi connectivity index (χ2v) is 6.27. The summed E-state index contributed by atoms with van der Waals surface area (Å²) >= 11 is 0. The Hall–Kier alpha value is -3.85. The smallest absolute Gasteiger partial charge is 0.233 e. The van der Waals surface area contributed by atoms with Gasteiger partial charge in [-0.05, 0) is 54.1 Å². The normalized spacial score (nSPS) is 10.1. The molecule has 0 saturated heterocycles. The summed E-state index contributed by atoms with van der Waals surface area (Å²) in [5.41, 5.74) is 2.11. The van der Waals surface area contributed by atoms with Crippen molar-refractivity contribution in [3.05, 3.63) is 90.3 Å². The topological polar surface area (TPSA) is 87.7 Å². The largest absolute Gasteiger partial charge is 0.350 e. The standard InChI is InChI=1S/C21H17F2N7.ClH/c22-15-6-8-17(9-7-15)27-21-29-19(25-13-14-10-11-24-18(23)12-14)28-20(30-21)26-16-4-2-1-3-5-16;/h1-12H,13H2,(H3,25,26,27,28,29,30);1H. The summed E-state index contributed by atoms with van der Waals surface area (Å²) in [5, 5.41) is 9.19. The van der Waals surface area contributed by atoms with Gasteiger partial charge in [0.1, 0.15) is 5.82 Å². The number of nitrogens with zero attached hydrogens (tertiary/aromatic N) is 4. The molecule has 0 amide bonds. The minimum atomic E-state index is -0.560. The van der Waals surface area contributed by atoms with E-state index >= 15 is 0 Å². The van der Waals surface area contributed by atoms with Crippen LogP contribution in [0.25, 0.3) is 0 Å². The van der Waals surface area contributed by atoms with E-state index in [1.54, 1.807) is 18.2 Å². The van der Waals surface area contributed by atoms with Crippen LogP contribution in [0.4, 0.5) is 38.0 Å². The van der Waals surface area contributed by atoms with Gasteiger partial charge in [-0.15, -0.1) is 12.4 Å². The fourth-order valence-corrected chi connectivity index (χ4v) is 2.61. The number of halogens is 3. The summed E-state index contributed by atoms with van der Waals surface area (Å²) in [6.07, 6.45) is 1.39. The Kier molecular flexibility index (Phi) is 7.23. The zero-order chi connectivity index (χ0) is 20.8. The maximum atomic E-state index is 13.3. The van der Waals surface area contributed by atoms with E-state index in [-0.39, 0.29) is 30.1 Å². The van der Waals surface area contributed by atoms with Crippen molar-refractivity contribution >= 4 is 41.6 Å². The third kappa shape index (κ3) is 6.31. The molecule has 0 atom stereocenters. The van der Waals surface area contributed by atoms with Crippen LogP contribution in [0.5, 0.6) is 0 Å². The molecule has 4 rings (SSSR count).